The molecule has 2 aromatic rings. The first-order valence-corrected chi connectivity index (χ1v) is 7.85. The first kappa shape index (κ1) is 14.4. The van der Waals surface area contributed by atoms with Crippen molar-refractivity contribution in [3.8, 4) is 0 Å². The van der Waals surface area contributed by atoms with Crippen molar-refractivity contribution in [2.24, 2.45) is 0 Å². The van der Waals surface area contributed by atoms with Crippen molar-refractivity contribution in [1.82, 2.24) is 0 Å². The normalized spacial score (nSPS) is 11.6. The molecule has 20 heavy (non-hydrogen) atoms. The van der Waals surface area contributed by atoms with E-state index < -0.39 is 10.0 Å². The van der Waals surface area contributed by atoms with Gasteiger partial charge in [-0.15, -0.1) is 0 Å². The number of nitrogen functional groups attached to an aromatic ring is 1. The molecular weight excluding hydrogens is 272 g/mol. The van der Waals surface area contributed by atoms with Gasteiger partial charge >= 0.3 is 0 Å². The topological polar surface area (TPSA) is 72.2 Å². The van der Waals surface area contributed by atoms with Crippen LogP contribution in [0.25, 0.3) is 0 Å². The molecule has 0 spiro atoms. The zero-order valence-corrected chi connectivity index (χ0v) is 12.3. The highest BCUT2D eigenvalue weighted by Gasteiger charge is 2.14. The molecule has 0 aliphatic heterocycles. The highest BCUT2D eigenvalue weighted by atomic mass is 32.2. The number of anilines is 2. The second-order valence-corrected chi connectivity index (χ2v) is 6.64. The van der Waals surface area contributed by atoms with Crippen LogP contribution in [0.2, 0.25) is 0 Å². The molecule has 2 rings (SSSR count). The van der Waals surface area contributed by atoms with Gasteiger partial charge in [0, 0.05) is 11.4 Å². The Morgan fingerprint density at radius 3 is 2.25 bits per heavy atom. The number of nitrogens with two attached hydrogens (primary N) is 1. The van der Waals surface area contributed by atoms with Gasteiger partial charge in [-0.1, -0.05) is 32.0 Å². The molecule has 4 nitrogen and oxygen atoms in total. The average molecular weight is 290 g/mol. The third-order valence-electron chi connectivity index (χ3n) is 3.00. The molecule has 0 saturated carbocycles. The van der Waals surface area contributed by atoms with E-state index in [9.17, 15) is 8.42 Å². The Labute approximate surface area is 119 Å². The van der Waals surface area contributed by atoms with E-state index in [2.05, 4.69) is 18.6 Å². The average Bonchev–Trinajstić information content (AvgIpc) is 2.39. The molecule has 5 heteroatoms. The third kappa shape index (κ3) is 3.30. The first-order chi connectivity index (χ1) is 9.38. The molecule has 3 N–H and O–H groups in total. The fourth-order valence-electron chi connectivity index (χ4n) is 1.83. The fraction of sp³-hybridized carbons (Fsp3) is 0.200. The van der Waals surface area contributed by atoms with E-state index >= 15 is 0 Å². The van der Waals surface area contributed by atoms with Gasteiger partial charge in [-0.3, -0.25) is 4.72 Å². The third-order valence-corrected chi connectivity index (χ3v) is 4.38. The number of benzene rings is 2. The fourth-order valence-corrected chi connectivity index (χ4v) is 2.95. The molecule has 0 aliphatic carbocycles. The Hall–Kier alpha value is -2.01. The van der Waals surface area contributed by atoms with Crippen molar-refractivity contribution < 1.29 is 8.42 Å². The summed E-state index contributed by atoms with van der Waals surface area (Å²) in [6, 6.07) is 13.6. The highest BCUT2D eigenvalue weighted by molar-refractivity contribution is 7.92. The van der Waals surface area contributed by atoms with Gasteiger partial charge in [-0.25, -0.2) is 8.42 Å². The maximum Gasteiger partial charge on any atom is 0.261 e. The van der Waals surface area contributed by atoms with E-state index in [-0.39, 0.29) is 4.90 Å². The zero-order valence-electron chi connectivity index (χ0n) is 11.5. The summed E-state index contributed by atoms with van der Waals surface area (Å²) in [5.41, 5.74) is 7.73. The Morgan fingerprint density at radius 1 is 1.05 bits per heavy atom. The van der Waals surface area contributed by atoms with Gasteiger partial charge in [0.1, 0.15) is 0 Å². The minimum Gasteiger partial charge on any atom is -0.399 e. The van der Waals surface area contributed by atoms with E-state index in [1.807, 2.05) is 12.1 Å². The predicted octanol–water partition coefficient (Wildman–Crippen LogP) is 3.19. The lowest BCUT2D eigenvalue weighted by atomic mass is 10.0. The van der Waals surface area contributed by atoms with Crippen LogP contribution in [0.1, 0.15) is 25.3 Å². The van der Waals surface area contributed by atoms with E-state index in [0.717, 1.165) is 5.56 Å². The molecule has 0 amide bonds. The summed E-state index contributed by atoms with van der Waals surface area (Å²) in [6.45, 7) is 4.18. The number of nitrogens with one attached hydrogen (secondary N) is 1. The molecule has 0 aromatic heterocycles. The maximum absolute atomic E-state index is 12.2. The van der Waals surface area contributed by atoms with Crippen molar-refractivity contribution in [3.63, 3.8) is 0 Å². The van der Waals surface area contributed by atoms with Gasteiger partial charge in [0.25, 0.3) is 10.0 Å². The van der Waals surface area contributed by atoms with E-state index in [1.165, 1.54) is 12.1 Å². The molecular formula is C15H18N2O2S. The Balaban J connectivity index is 2.24. The van der Waals surface area contributed by atoms with Crippen molar-refractivity contribution >= 4 is 21.4 Å². The van der Waals surface area contributed by atoms with Gasteiger partial charge in [0.15, 0.2) is 0 Å². The Morgan fingerprint density at radius 2 is 1.70 bits per heavy atom. The molecule has 0 fully saturated rings. The smallest absolute Gasteiger partial charge is 0.261 e. The SMILES string of the molecule is CC(C)c1ccc(NS(=O)(=O)c2cccc(N)c2)cc1. The summed E-state index contributed by atoms with van der Waals surface area (Å²) in [7, 11) is -3.60. The Kier molecular flexibility index (Phi) is 3.99. The van der Waals surface area contributed by atoms with E-state index in [1.54, 1.807) is 24.3 Å². The quantitative estimate of drug-likeness (QED) is 0.849. The largest absolute Gasteiger partial charge is 0.399 e. The van der Waals surface area contributed by atoms with Crippen molar-refractivity contribution in [2.75, 3.05) is 10.5 Å². The summed E-state index contributed by atoms with van der Waals surface area (Å²) in [4.78, 5) is 0.158. The second kappa shape index (κ2) is 5.54. The molecule has 0 aliphatic rings. The highest BCUT2D eigenvalue weighted by Crippen LogP contribution is 2.20. The van der Waals surface area contributed by atoms with Crippen LogP contribution in [-0.2, 0) is 10.0 Å². The molecule has 0 atom stereocenters. The van der Waals surface area contributed by atoms with Crippen LogP contribution in [-0.4, -0.2) is 8.42 Å². The van der Waals surface area contributed by atoms with Crippen LogP contribution in [0, 0.1) is 0 Å². The van der Waals surface area contributed by atoms with Crippen molar-refractivity contribution in [2.45, 2.75) is 24.7 Å². The molecule has 106 valence electrons. The molecule has 0 bridgehead atoms. The van der Waals surface area contributed by atoms with Crippen LogP contribution >= 0.6 is 0 Å². The summed E-state index contributed by atoms with van der Waals surface area (Å²) in [6.07, 6.45) is 0. The van der Waals surface area contributed by atoms with Crippen LogP contribution in [0.15, 0.2) is 53.4 Å². The molecule has 0 unspecified atom stereocenters. The standard InChI is InChI=1S/C15H18N2O2S/c1-11(2)12-6-8-14(9-7-12)17-20(18,19)15-5-3-4-13(16)10-15/h3-11,17H,16H2,1-2H3. The zero-order chi connectivity index (χ0) is 14.8. The van der Waals surface area contributed by atoms with Crippen molar-refractivity contribution in [3.05, 3.63) is 54.1 Å². The van der Waals surface area contributed by atoms with Gasteiger partial charge in [0.2, 0.25) is 0 Å². The van der Waals surface area contributed by atoms with E-state index in [0.29, 0.717) is 17.3 Å². The van der Waals surface area contributed by atoms with Crippen LogP contribution in [0.5, 0.6) is 0 Å². The summed E-state index contributed by atoms with van der Waals surface area (Å²) in [5.74, 6) is 0.412. The van der Waals surface area contributed by atoms with Gasteiger partial charge in [0.05, 0.1) is 4.90 Å². The second-order valence-electron chi connectivity index (χ2n) is 4.95. The van der Waals surface area contributed by atoms with E-state index in [4.69, 9.17) is 5.73 Å². The predicted molar refractivity (Wildman–Crippen MR) is 82.2 cm³/mol. The number of hydrogen-bond donors (Lipinski definition) is 2. The van der Waals surface area contributed by atoms with Crippen LogP contribution in [0.4, 0.5) is 11.4 Å². The summed E-state index contributed by atoms with van der Waals surface area (Å²) >= 11 is 0. The lowest BCUT2D eigenvalue weighted by molar-refractivity contribution is 0.601. The number of hydrogen-bond acceptors (Lipinski definition) is 3. The first-order valence-electron chi connectivity index (χ1n) is 6.37. The molecule has 0 saturated heterocycles. The molecule has 0 heterocycles. The number of sulfonamides is 1. The Bertz CT molecular complexity index is 692. The number of rotatable bonds is 4. The van der Waals surface area contributed by atoms with Crippen molar-refractivity contribution in [1.29, 1.82) is 0 Å². The molecule has 0 radical (unpaired) electrons. The minimum absolute atomic E-state index is 0.158. The monoisotopic (exact) mass is 290 g/mol. The minimum atomic E-state index is -3.60. The van der Waals surface area contributed by atoms with Crippen LogP contribution < -0.4 is 10.5 Å². The maximum atomic E-state index is 12.2. The van der Waals surface area contributed by atoms with Gasteiger partial charge in [-0.2, -0.15) is 0 Å². The van der Waals surface area contributed by atoms with Gasteiger partial charge in [-0.05, 0) is 41.8 Å². The molecule has 2 aromatic carbocycles. The van der Waals surface area contributed by atoms with Crippen LogP contribution in [0.3, 0.4) is 0 Å². The lowest BCUT2D eigenvalue weighted by Crippen LogP contribution is -2.13. The summed E-state index contributed by atoms with van der Waals surface area (Å²) < 4.78 is 27.0. The van der Waals surface area contributed by atoms with Gasteiger partial charge < -0.3 is 5.73 Å². The summed E-state index contributed by atoms with van der Waals surface area (Å²) in [5, 5.41) is 0. The lowest BCUT2D eigenvalue weighted by Gasteiger charge is -2.10.